The number of fused-ring (bicyclic) bond motifs is 3. The fourth-order valence-corrected chi connectivity index (χ4v) is 2.50. The predicted octanol–water partition coefficient (Wildman–Crippen LogP) is -0.443. The van der Waals surface area contributed by atoms with Gasteiger partial charge in [0.15, 0.2) is 0 Å². The number of rotatable bonds is 0. The molecule has 0 aromatic carbocycles. The maximum atomic E-state index is 11.2. The molecule has 0 saturated heterocycles. The van der Waals surface area contributed by atoms with Crippen molar-refractivity contribution in [2.45, 2.75) is 0 Å². The molecule has 3 aromatic heterocycles. The zero-order valence-corrected chi connectivity index (χ0v) is 7.67. The average Bonchev–Trinajstić information content (AvgIpc) is 2.72. The first-order valence-corrected chi connectivity index (χ1v) is 4.61. The summed E-state index contributed by atoms with van der Waals surface area (Å²) in [4.78, 5) is 44.6. The van der Waals surface area contributed by atoms with Gasteiger partial charge in [0, 0.05) is 0 Å². The minimum absolute atomic E-state index is 0.00463. The molecule has 0 aliphatic carbocycles. The second kappa shape index (κ2) is 2.31. The molecule has 74 valence electrons. The Morgan fingerprint density at radius 1 is 0.667 bits per heavy atom. The van der Waals surface area contributed by atoms with Gasteiger partial charge in [0.05, 0.1) is 0 Å². The van der Waals surface area contributed by atoms with Gasteiger partial charge in [0.1, 0.15) is 20.2 Å². The lowest BCUT2D eigenvalue weighted by Gasteiger charge is -1.67. The van der Waals surface area contributed by atoms with Gasteiger partial charge in [-0.3, -0.25) is 0 Å². The van der Waals surface area contributed by atoms with Gasteiger partial charge in [-0.15, -0.1) is 11.3 Å². The van der Waals surface area contributed by atoms with Crippen molar-refractivity contribution in [2.75, 3.05) is 0 Å². The molecular weight excluding hydrogens is 224 g/mol. The van der Waals surface area contributed by atoms with Gasteiger partial charge in [-0.05, 0) is 0 Å². The molecular formula is C8O6S. The molecule has 3 aromatic rings. The zero-order chi connectivity index (χ0) is 10.7. The Balaban J connectivity index is 2.94. The van der Waals surface area contributed by atoms with Crippen LogP contribution in [0.15, 0.2) is 28.0 Å². The van der Waals surface area contributed by atoms with Crippen LogP contribution in [0, 0.1) is 0 Å². The Morgan fingerprint density at radius 3 is 1.47 bits per heavy atom. The van der Waals surface area contributed by atoms with Gasteiger partial charge >= 0.3 is 22.5 Å². The van der Waals surface area contributed by atoms with Gasteiger partial charge in [0.2, 0.25) is 0 Å². The number of furan rings is 2. The molecule has 0 unspecified atom stereocenters. The largest absolute Gasteiger partial charge is 0.385 e. The summed E-state index contributed by atoms with van der Waals surface area (Å²) in [6.07, 6.45) is 0. The summed E-state index contributed by atoms with van der Waals surface area (Å²) in [5.74, 6) is 0. The highest BCUT2D eigenvalue weighted by Crippen LogP contribution is 2.25. The van der Waals surface area contributed by atoms with E-state index in [1.54, 1.807) is 0 Å². The van der Waals surface area contributed by atoms with Crippen molar-refractivity contribution in [3.8, 4) is 0 Å². The van der Waals surface area contributed by atoms with Gasteiger partial charge in [0.25, 0.3) is 0 Å². The molecule has 0 atom stereocenters. The highest BCUT2D eigenvalue weighted by atomic mass is 32.1. The molecule has 6 nitrogen and oxygen atoms in total. The van der Waals surface area contributed by atoms with E-state index in [2.05, 4.69) is 8.83 Å². The molecule has 0 fully saturated rings. The monoisotopic (exact) mass is 224 g/mol. The number of hydrogen-bond acceptors (Lipinski definition) is 7. The van der Waals surface area contributed by atoms with Crippen LogP contribution in [-0.2, 0) is 0 Å². The van der Waals surface area contributed by atoms with E-state index >= 15 is 0 Å². The normalized spacial score (nSPS) is 11.7. The van der Waals surface area contributed by atoms with E-state index < -0.39 is 22.5 Å². The molecule has 3 rings (SSSR count). The quantitative estimate of drug-likeness (QED) is 0.513. The molecule has 0 saturated carbocycles. The summed E-state index contributed by atoms with van der Waals surface area (Å²) in [5.41, 5.74) is -3.46. The minimum Gasteiger partial charge on any atom is -0.385 e. The third-order valence-electron chi connectivity index (χ3n) is 2.06. The maximum absolute atomic E-state index is 11.2. The van der Waals surface area contributed by atoms with Crippen LogP contribution in [0.2, 0.25) is 0 Å². The van der Waals surface area contributed by atoms with E-state index in [4.69, 9.17) is 0 Å². The Labute approximate surface area is 82.7 Å². The van der Waals surface area contributed by atoms with E-state index in [1.165, 1.54) is 0 Å². The lowest BCUT2D eigenvalue weighted by atomic mass is 10.3. The van der Waals surface area contributed by atoms with Gasteiger partial charge in [-0.25, -0.2) is 19.2 Å². The van der Waals surface area contributed by atoms with Crippen molar-refractivity contribution in [2.24, 2.45) is 0 Å². The third kappa shape index (κ3) is 0.827. The Kier molecular flexibility index (Phi) is 1.28. The molecule has 0 radical (unpaired) electrons. The van der Waals surface area contributed by atoms with Crippen molar-refractivity contribution in [1.82, 2.24) is 0 Å². The molecule has 0 bridgehead atoms. The summed E-state index contributed by atoms with van der Waals surface area (Å²) in [6, 6.07) is 0. The molecule has 0 aliphatic rings. The van der Waals surface area contributed by atoms with Crippen molar-refractivity contribution >= 4 is 31.5 Å². The SMILES string of the molecule is O=c1oc(=O)c2c1sc1c(=O)oc(=O)c12. The van der Waals surface area contributed by atoms with E-state index in [1.807, 2.05) is 0 Å². The third-order valence-corrected chi connectivity index (χ3v) is 3.21. The van der Waals surface area contributed by atoms with Crippen LogP contribution < -0.4 is 22.5 Å². The second-order valence-corrected chi connectivity index (χ2v) is 3.88. The van der Waals surface area contributed by atoms with Gasteiger partial charge in [-0.2, -0.15) is 0 Å². The topological polar surface area (TPSA) is 94.6 Å². The van der Waals surface area contributed by atoms with E-state index in [-0.39, 0.29) is 20.2 Å². The van der Waals surface area contributed by atoms with E-state index in [0.29, 0.717) is 0 Å². The van der Waals surface area contributed by atoms with Crippen LogP contribution in [0.5, 0.6) is 0 Å². The van der Waals surface area contributed by atoms with Crippen molar-refractivity contribution in [3.05, 3.63) is 41.7 Å². The van der Waals surface area contributed by atoms with E-state index in [0.717, 1.165) is 11.3 Å². The summed E-state index contributed by atoms with van der Waals surface area (Å²) in [5, 5.41) is -0.285. The molecule has 7 heteroatoms. The first-order chi connectivity index (χ1) is 7.09. The van der Waals surface area contributed by atoms with Crippen molar-refractivity contribution < 1.29 is 8.83 Å². The fourth-order valence-electron chi connectivity index (χ4n) is 1.47. The van der Waals surface area contributed by atoms with Crippen LogP contribution in [0.3, 0.4) is 0 Å². The smallest absolute Gasteiger partial charge is 0.357 e. The predicted molar refractivity (Wildman–Crippen MR) is 51.3 cm³/mol. The van der Waals surface area contributed by atoms with Crippen LogP contribution in [0.25, 0.3) is 20.2 Å². The van der Waals surface area contributed by atoms with Crippen molar-refractivity contribution in [1.29, 1.82) is 0 Å². The highest BCUT2D eigenvalue weighted by Gasteiger charge is 2.22. The lowest BCUT2D eigenvalue weighted by molar-refractivity contribution is 0.498. The van der Waals surface area contributed by atoms with Crippen molar-refractivity contribution in [3.63, 3.8) is 0 Å². The van der Waals surface area contributed by atoms with Crippen LogP contribution in [-0.4, -0.2) is 0 Å². The Hall–Kier alpha value is -2.02. The summed E-state index contributed by atoms with van der Waals surface area (Å²) < 4.78 is 8.58. The Bertz CT molecular complexity index is 809. The Morgan fingerprint density at radius 2 is 1.07 bits per heavy atom. The lowest BCUT2D eigenvalue weighted by Crippen LogP contribution is -1.98. The molecule has 0 aliphatic heterocycles. The van der Waals surface area contributed by atoms with Crippen LogP contribution >= 0.6 is 11.3 Å². The molecule has 15 heavy (non-hydrogen) atoms. The standard InChI is InChI=1S/C8O6S/c9-5-1-2-4(8(12)14-6(2)10)15-3(1)7(11)13-5. The summed E-state index contributed by atoms with van der Waals surface area (Å²) in [7, 11) is 0. The summed E-state index contributed by atoms with van der Waals surface area (Å²) in [6.45, 7) is 0. The number of thiophene rings is 1. The highest BCUT2D eigenvalue weighted by molar-refractivity contribution is 7.25. The molecule has 0 spiro atoms. The first-order valence-electron chi connectivity index (χ1n) is 3.79. The van der Waals surface area contributed by atoms with Gasteiger partial charge < -0.3 is 8.83 Å². The van der Waals surface area contributed by atoms with Crippen LogP contribution in [0.1, 0.15) is 0 Å². The average molecular weight is 224 g/mol. The molecule has 3 heterocycles. The number of hydrogen-bond donors (Lipinski definition) is 0. The summed E-state index contributed by atoms with van der Waals surface area (Å²) >= 11 is 0.744. The first kappa shape index (κ1) is 8.30. The van der Waals surface area contributed by atoms with Gasteiger partial charge in [-0.1, -0.05) is 0 Å². The maximum Gasteiger partial charge on any atom is 0.357 e. The fraction of sp³-hybridized carbons (Fsp3) is 0. The zero-order valence-electron chi connectivity index (χ0n) is 6.86. The van der Waals surface area contributed by atoms with E-state index in [9.17, 15) is 19.2 Å². The van der Waals surface area contributed by atoms with Crippen LogP contribution in [0.4, 0.5) is 0 Å². The molecule has 0 N–H and O–H groups in total. The second-order valence-electron chi connectivity index (χ2n) is 2.86. The molecule has 0 amide bonds. The minimum atomic E-state index is -0.904.